The highest BCUT2D eigenvalue weighted by atomic mass is 19.1. The van der Waals surface area contributed by atoms with Crippen LogP contribution in [0, 0.1) is 17.6 Å². The van der Waals surface area contributed by atoms with Gasteiger partial charge in [-0.05, 0) is 49.9 Å². The van der Waals surface area contributed by atoms with Crippen LogP contribution in [-0.4, -0.2) is 45.1 Å². The molecule has 12 heteroatoms. The second-order valence-corrected chi connectivity index (χ2v) is 9.36. The number of amides is 2. The zero-order valence-corrected chi connectivity index (χ0v) is 21.5. The number of halogens is 2. The lowest BCUT2D eigenvalue weighted by Gasteiger charge is -2.20. The molecule has 0 radical (unpaired) electrons. The van der Waals surface area contributed by atoms with Gasteiger partial charge in [-0.3, -0.25) is 9.59 Å². The molecule has 1 aromatic carbocycles. The van der Waals surface area contributed by atoms with Gasteiger partial charge in [-0.2, -0.15) is 5.10 Å². The molecule has 0 saturated heterocycles. The number of benzene rings is 1. The van der Waals surface area contributed by atoms with Gasteiger partial charge in [0, 0.05) is 30.3 Å². The van der Waals surface area contributed by atoms with Gasteiger partial charge >= 0.3 is 0 Å². The zero-order chi connectivity index (χ0) is 27.7. The predicted octanol–water partition coefficient (Wildman–Crippen LogP) is 4.32. The van der Waals surface area contributed by atoms with E-state index in [1.807, 2.05) is 0 Å². The Bertz CT molecular complexity index is 1570. The summed E-state index contributed by atoms with van der Waals surface area (Å²) in [6, 6.07) is 6.10. The lowest BCUT2D eigenvalue weighted by atomic mass is 10.1. The number of hydrogen-bond donors (Lipinski definition) is 2. The van der Waals surface area contributed by atoms with Gasteiger partial charge in [-0.1, -0.05) is 0 Å². The van der Waals surface area contributed by atoms with Crippen LogP contribution < -0.4 is 20.1 Å². The van der Waals surface area contributed by atoms with Crippen molar-refractivity contribution in [2.45, 2.75) is 32.7 Å². The first-order valence-corrected chi connectivity index (χ1v) is 12.3. The summed E-state index contributed by atoms with van der Waals surface area (Å²) in [7, 11) is 1.38. The number of ether oxygens (including phenoxy) is 2. The Morgan fingerprint density at radius 2 is 2.00 bits per heavy atom. The van der Waals surface area contributed by atoms with Gasteiger partial charge in [0.1, 0.15) is 11.4 Å². The lowest BCUT2D eigenvalue weighted by Crippen LogP contribution is -2.28. The number of imidazole rings is 1. The summed E-state index contributed by atoms with van der Waals surface area (Å²) in [5, 5.41) is 9.87. The fourth-order valence-electron chi connectivity index (χ4n) is 4.09. The molecule has 39 heavy (non-hydrogen) atoms. The molecule has 0 aliphatic heterocycles. The summed E-state index contributed by atoms with van der Waals surface area (Å²) in [5.41, 5.74) is 1.79. The van der Waals surface area contributed by atoms with Crippen LogP contribution in [0.4, 0.5) is 14.6 Å². The summed E-state index contributed by atoms with van der Waals surface area (Å²) in [5.74, 6) is -1.72. The Hall–Kier alpha value is -4.61. The topological polar surface area (TPSA) is 120 Å². The fraction of sp³-hybridized carbons (Fsp3) is 0.296. The number of nitrogens with zero attached hydrogens (tertiary/aromatic N) is 4. The second kappa shape index (κ2) is 10.6. The minimum Gasteiger partial charge on any atom is -0.490 e. The van der Waals surface area contributed by atoms with Crippen LogP contribution in [-0.2, 0) is 4.79 Å². The van der Waals surface area contributed by atoms with Crippen LogP contribution in [0.3, 0.4) is 0 Å². The van der Waals surface area contributed by atoms with Crippen LogP contribution in [0.1, 0.15) is 48.7 Å². The van der Waals surface area contributed by atoms with Crippen molar-refractivity contribution in [2.75, 3.05) is 19.0 Å². The van der Waals surface area contributed by atoms with Crippen LogP contribution in [0.25, 0.3) is 16.9 Å². The largest absolute Gasteiger partial charge is 0.490 e. The van der Waals surface area contributed by atoms with E-state index in [1.165, 1.54) is 24.7 Å². The molecule has 1 aliphatic rings. The minimum absolute atomic E-state index is 0.0655. The number of hydrogen-bond acceptors (Lipinski definition) is 7. The monoisotopic (exact) mass is 536 g/mol. The van der Waals surface area contributed by atoms with Gasteiger partial charge in [0.15, 0.2) is 23.0 Å². The average Bonchev–Trinajstić information content (AvgIpc) is 3.64. The van der Waals surface area contributed by atoms with E-state index >= 15 is 0 Å². The Morgan fingerprint density at radius 3 is 2.72 bits per heavy atom. The molecule has 1 aliphatic carbocycles. The smallest absolute Gasteiger partial charge is 0.257 e. The highest BCUT2D eigenvalue weighted by molar-refractivity contribution is 5.97. The highest BCUT2D eigenvalue weighted by Gasteiger charge is 2.26. The van der Waals surface area contributed by atoms with Gasteiger partial charge in [-0.25, -0.2) is 23.3 Å². The predicted molar refractivity (Wildman–Crippen MR) is 138 cm³/mol. The van der Waals surface area contributed by atoms with E-state index < -0.39 is 23.6 Å². The first-order valence-electron chi connectivity index (χ1n) is 12.3. The minimum atomic E-state index is -0.823. The second-order valence-electron chi connectivity index (χ2n) is 9.36. The van der Waals surface area contributed by atoms with Crippen molar-refractivity contribution < 1.29 is 27.8 Å². The van der Waals surface area contributed by atoms with E-state index in [0.29, 0.717) is 35.2 Å². The van der Waals surface area contributed by atoms with Crippen molar-refractivity contribution in [1.29, 1.82) is 0 Å². The molecule has 1 atom stereocenters. The molecule has 2 N–H and O–H groups in total. The summed E-state index contributed by atoms with van der Waals surface area (Å²) in [6.07, 6.45) is 5.08. The molecular formula is C27H26F2N6O4. The van der Waals surface area contributed by atoms with Crippen molar-refractivity contribution in [3.63, 3.8) is 0 Å². The maximum atomic E-state index is 14.6. The highest BCUT2D eigenvalue weighted by Crippen LogP contribution is 2.34. The molecule has 0 spiro atoms. The van der Waals surface area contributed by atoms with Crippen molar-refractivity contribution in [2.24, 2.45) is 5.92 Å². The van der Waals surface area contributed by atoms with Gasteiger partial charge in [0.05, 0.1) is 31.6 Å². The van der Waals surface area contributed by atoms with Gasteiger partial charge in [0.25, 0.3) is 5.91 Å². The number of nitrogens with one attached hydrogen (secondary N) is 2. The fourth-order valence-corrected chi connectivity index (χ4v) is 4.09. The number of pyridine rings is 1. The van der Waals surface area contributed by atoms with Crippen LogP contribution >= 0.6 is 0 Å². The summed E-state index contributed by atoms with van der Waals surface area (Å²) in [4.78, 5) is 33.2. The molecule has 3 aromatic heterocycles. The summed E-state index contributed by atoms with van der Waals surface area (Å²) in [6.45, 7) is 3.32. The normalized spacial score (nSPS) is 13.7. The van der Waals surface area contributed by atoms with Crippen LogP contribution in [0.15, 0.2) is 42.7 Å². The average molecular weight is 537 g/mol. The standard InChI is InChI=1S/C27H26F2N6O4/c1-14(19-9-18(28)10-21(29)25(19)39-13-16-4-5-16)31-26(37)20-8-17(11-30-27(20)38-3)22-6-7-24-33-23(32-15(2)36)12-35(24)34-22/h6-12,14,16H,4-5,13H2,1-3H3,(H,31,37)(H,32,36). The molecule has 202 valence electrons. The lowest BCUT2D eigenvalue weighted by molar-refractivity contribution is -0.114. The third kappa shape index (κ3) is 5.79. The molecule has 5 rings (SSSR count). The number of fused-ring (bicyclic) bond motifs is 1. The molecular weight excluding hydrogens is 510 g/mol. The molecule has 10 nitrogen and oxygen atoms in total. The molecule has 1 fully saturated rings. The number of carbonyl (C=O) groups excluding carboxylic acids is 2. The molecule has 2 amide bonds. The van der Waals surface area contributed by atoms with Gasteiger partial charge in [0.2, 0.25) is 11.8 Å². The first kappa shape index (κ1) is 26.0. The summed E-state index contributed by atoms with van der Waals surface area (Å²) < 4.78 is 41.2. The molecule has 4 aromatic rings. The van der Waals surface area contributed by atoms with Crippen molar-refractivity contribution in [3.8, 4) is 22.9 Å². The zero-order valence-electron chi connectivity index (χ0n) is 21.5. The van der Waals surface area contributed by atoms with E-state index in [1.54, 1.807) is 31.3 Å². The van der Waals surface area contributed by atoms with Crippen LogP contribution in [0.2, 0.25) is 0 Å². The first-order chi connectivity index (χ1) is 18.7. The van der Waals surface area contributed by atoms with Gasteiger partial charge in [-0.15, -0.1) is 0 Å². The van der Waals surface area contributed by atoms with Crippen molar-refractivity contribution in [3.05, 3.63) is 65.5 Å². The molecule has 1 saturated carbocycles. The number of carbonyl (C=O) groups is 2. The number of methoxy groups -OCH3 is 1. The third-order valence-electron chi connectivity index (χ3n) is 6.22. The Kier molecular flexibility index (Phi) is 7.09. The van der Waals surface area contributed by atoms with E-state index in [9.17, 15) is 18.4 Å². The maximum absolute atomic E-state index is 14.6. The Morgan fingerprint density at radius 1 is 1.21 bits per heavy atom. The number of aromatic nitrogens is 4. The number of anilines is 1. The van der Waals surface area contributed by atoms with Gasteiger partial charge < -0.3 is 20.1 Å². The van der Waals surface area contributed by atoms with E-state index in [0.717, 1.165) is 25.0 Å². The summed E-state index contributed by atoms with van der Waals surface area (Å²) >= 11 is 0. The molecule has 3 heterocycles. The van der Waals surface area contributed by atoms with Crippen molar-refractivity contribution in [1.82, 2.24) is 24.9 Å². The van der Waals surface area contributed by atoms with E-state index in [-0.39, 0.29) is 28.7 Å². The van der Waals surface area contributed by atoms with Crippen LogP contribution in [0.5, 0.6) is 11.6 Å². The molecule has 0 bridgehead atoms. The van der Waals surface area contributed by atoms with Crippen molar-refractivity contribution >= 4 is 23.3 Å². The molecule has 1 unspecified atom stereocenters. The SMILES string of the molecule is COc1ncc(-c2ccc3nc(NC(C)=O)cn3n2)cc1C(=O)NC(C)c1cc(F)cc(F)c1OCC1CC1. The maximum Gasteiger partial charge on any atom is 0.257 e. The quantitative estimate of drug-likeness (QED) is 0.327. The van der Waals surface area contributed by atoms with E-state index in [4.69, 9.17) is 9.47 Å². The Balaban J connectivity index is 1.41. The van der Waals surface area contributed by atoms with E-state index in [2.05, 4.69) is 25.7 Å². The number of rotatable bonds is 9. The third-order valence-corrected chi connectivity index (χ3v) is 6.22. The Labute approximate surface area is 222 Å².